The molecule has 32 heavy (non-hydrogen) atoms. The zero-order chi connectivity index (χ0) is 23.3. The molecule has 0 unspecified atom stereocenters. The molecule has 1 aromatic heterocycles. The molecule has 0 saturated heterocycles. The standard InChI is InChI=1S/C25H36N4O2S/c1-6-28(7-2)12-13-29-21-11-9-8-10-20(21)24(27-25(29)31)32-16-22(30)26-23-18(4)14-17(3)15-19(23)5/h14-15H,6-13,16H2,1-5H3,(H,26,30). The van der Waals surface area contributed by atoms with Crippen LogP contribution in [-0.2, 0) is 24.2 Å². The third-order valence-corrected chi connectivity index (χ3v) is 7.28. The van der Waals surface area contributed by atoms with Gasteiger partial charge in [0.2, 0.25) is 5.91 Å². The molecule has 1 aliphatic carbocycles. The third kappa shape index (κ3) is 5.81. The van der Waals surface area contributed by atoms with Crippen molar-refractivity contribution in [1.82, 2.24) is 14.5 Å². The van der Waals surface area contributed by atoms with Crippen molar-refractivity contribution in [2.45, 2.75) is 71.9 Å². The van der Waals surface area contributed by atoms with E-state index in [-0.39, 0.29) is 17.3 Å². The predicted molar refractivity (Wildman–Crippen MR) is 133 cm³/mol. The van der Waals surface area contributed by atoms with Crippen molar-refractivity contribution in [2.24, 2.45) is 0 Å². The number of carbonyl (C=O) groups excluding carboxylic acids is 1. The lowest BCUT2D eigenvalue weighted by atomic mass is 9.97. The van der Waals surface area contributed by atoms with Gasteiger partial charge in [-0.15, -0.1) is 0 Å². The minimum Gasteiger partial charge on any atom is -0.325 e. The van der Waals surface area contributed by atoms with Crippen LogP contribution < -0.4 is 11.0 Å². The molecule has 2 aromatic rings. The summed E-state index contributed by atoms with van der Waals surface area (Å²) in [5.41, 5.74) is 6.28. The molecule has 1 N–H and O–H groups in total. The molecule has 7 heteroatoms. The average Bonchev–Trinajstić information content (AvgIpc) is 2.76. The van der Waals surface area contributed by atoms with Gasteiger partial charge < -0.3 is 10.2 Å². The number of hydrogen-bond donors (Lipinski definition) is 1. The first-order chi connectivity index (χ1) is 15.3. The van der Waals surface area contributed by atoms with Crippen molar-refractivity contribution in [3.8, 4) is 0 Å². The highest BCUT2D eigenvalue weighted by atomic mass is 32.2. The Labute approximate surface area is 195 Å². The second-order valence-electron chi connectivity index (χ2n) is 8.62. The number of aromatic nitrogens is 2. The summed E-state index contributed by atoms with van der Waals surface area (Å²) in [6, 6.07) is 4.15. The molecule has 0 aliphatic heterocycles. The van der Waals surface area contributed by atoms with Gasteiger partial charge in [-0.25, -0.2) is 4.79 Å². The Bertz CT molecular complexity index is 1000. The van der Waals surface area contributed by atoms with Gasteiger partial charge in [0.25, 0.3) is 0 Å². The van der Waals surface area contributed by atoms with Crippen molar-refractivity contribution in [1.29, 1.82) is 0 Å². The van der Waals surface area contributed by atoms with E-state index in [0.29, 0.717) is 6.54 Å². The molecule has 0 atom stereocenters. The Kier molecular flexibility index (Phi) is 8.54. The molecular weight excluding hydrogens is 420 g/mol. The van der Waals surface area contributed by atoms with Crippen LogP contribution in [0.3, 0.4) is 0 Å². The first-order valence-electron chi connectivity index (χ1n) is 11.7. The molecule has 3 rings (SSSR count). The van der Waals surface area contributed by atoms with Crippen LogP contribution in [0.4, 0.5) is 5.69 Å². The number of nitrogens with one attached hydrogen (secondary N) is 1. The normalized spacial score (nSPS) is 13.3. The summed E-state index contributed by atoms with van der Waals surface area (Å²) >= 11 is 1.39. The van der Waals surface area contributed by atoms with Crippen LogP contribution in [0.5, 0.6) is 0 Å². The number of hydrogen-bond acceptors (Lipinski definition) is 5. The molecule has 0 radical (unpaired) electrons. The minimum absolute atomic E-state index is 0.0675. The Balaban J connectivity index is 1.75. The molecule has 1 aromatic carbocycles. The summed E-state index contributed by atoms with van der Waals surface area (Å²) in [7, 11) is 0. The number of amides is 1. The fraction of sp³-hybridized carbons (Fsp3) is 0.560. The minimum atomic E-state index is -0.189. The maximum atomic E-state index is 12.9. The lowest BCUT2D eigenvalue weighted by molar-refractivity contribution is -0.113. The van der Waals surface area contributed by atoms with Crippen LogP contribution in [0.25, 0.3) is 0 Å². The number of fused-ring (bicyclic) bond motifs is 1. The highest BCUT2D eigenvalue weighted by Crippen LogP contribution is 2.29. The van der Waals surface area contributed by atoms with Crippen molar-refractivity contribution < 1.29 is 4.79 Å². The third-order valence-electron chi connectivity index (χ3n) is 6.27. The fourth-order valence-electron chi connectivity index (χ4n) is 4.57. The summed E-state index contributed by atoms with van der Waals surface area (Å²) in [4.78, 5) is 32.3. The molecule has 1 amide bonds. The van der Waals surface area contributed by atoms with Gasteiger partial charge in [0, 0.05) is 30.0 Å². The monoisotopic (exact) mass is 456 g/mol. The van der Waals surface area contributed by atoms with Gasteiger partial charge in [-0.2, -0.15) is 4.98 Å². The largest absolute Gasteiger partial charge is 0.348 e. The smallest absolute Gasteiger partial charge is 0.325 e. The molecule has 0 fully saturated rings. The first kappa shape index (κ1) is 24.5. The van der Waals surface area contributed by atoms with Gasteiger partial charge in [-0.05, 0) is 70.7 Å². The van der Waals surface area contributed by atoms with Crippen LogP contribution >= 0.6 is 11.8 Å². The molecule has 6 nitrogen and oxygen atoms in total. The Hall–Kier alpha value is -2.12. The van der Waals surface area contributed by atoms with E-state index < -0.39 is 0 Å². The second kappa shape index (κ2) is 11.1. The fourth-order valence-corrected chi connectivity index (χ4v) is 5.44. The number of likely N-dealkylation sites (N-methyl/N-ethyl adjacent to an activating group) is 1. The maximum absolute atomic E-state index is 12.9. The zero-order valence-electron chi connectivity index (χ0n) is 20.1. The summed E-state index contributed by atoms with van der Waals surface area (Å²) < 4.78 is 1.87. The molecule has 0 spiro atoms. The summed E-state index contributed by atoms with van der Waals surface area (Å²) in [5, 5.41) is 3.78. The molecule has 1 heterocycles. The lowest BCUT2D eigenvalue weighted by Crippen LogP contribution is -2.35. The number of anilines is 1. The summed E-state index contributed by atoms with van der Waals surface area (Å²) in [6.45, 7) is 13.8. The van der Waals surface area contributed by atoms with Crippen LogP contribution in [-0.4, -0.2) is 45.7 Å². The van der Waals surface area contributed by atoms with Gasteiger partial charge in [0.05, 0.1) is 5.75 Å². The maximum Gasteiger partial charge on any atom is 0.348 e. The van der Waals surface area contributed by atoms with E-state index in [2.05, 4.69) is 48.1 Å². The van der Waals surface area contributed by atoms with E-state index in [0.717, 1.165) is 78.4 Å². The highest BCUT2D eigenvalue weighted by molar-refractivity contribution is 8.00. The quantitative estimate of drug-likeness (QED) is 0.454. The SMILES string of the molecule is CCN(CC)CCn1c2c(c(SCC(=O)Nc3c(C)cc(C)cc3C)nc1=O)CCCC2. The van der Waals surface area contributed by atoms with E-state index in [1.54, 1.807) is 0 Å². The van der Waals surface area contributed by atoms with E-state index in [1.165, 1.54) is 17.3 Å². The first-order valence-corrected chi connectivity index (χ1v) is 12.7. The van der Waals surface area contributed by atoms with Gasteiger partial charge in [-0.3, -0.25) is 9.36 Å². The topological polar surface area (TPSA) is 67.2 Å². The number of rotatable bonds is 9. The number of benzene rings is 1. The van der Waals surface area contributed by atoms with Crippen LogP contribution in [0.15, 0.2) is 22.0 Å². The van der Waals surface area contributed by atoms with Crippen molar-refractivity contribution >= 4 is 23.4 Å². The van der Waals surface area contributed by atoms with Crippen molar-refractivity contribution in [3.05, 3.63) is 50.6 Å². The number of nitrogens with zero attached hydrogens (tertiary/aromatic N) is 3. The molecule has 1 aliphatic rings. The number of thioether (sulfide) groups is 1. The van der Waals surface area contributed by atoms with E-state index in [1.807, 2.05) is 18.4 Å². The van der Waals surface area contributed by atoms with E-state index in [4.69, 9.17) is 0 Å². The van der Waals surface area contributed by atoms with Gasteiger partial charge in [0.1, 0.15) is 5.03 Å². The molecule has 0 saturated carbocycles. The van der Waals surface area contributed by atoms with Crippen LogP contribution in [0.1, 0.15) is 54.6 Å². The van der Waals surface area contributed by atoms with E-state index in [9.17, 15) is 9.59 Å². The highest BCUT2D eigenvalue weighted by Gasteiger charge is 2.21. The predicted octanol–water partition coefficient (Wildman–Crippen LogP) is 4.12. The number of aryl methyl sites for hydroxylation is 3. The Morgan fingerprint density at radius 3 is 2.44 bits per heavy atom. The lowest BCUT2D eigenvalue weighted by Gasteiger charge is -2.24. The zero-order valence-corrected chi connectivity index (χ0v) is 20.9. The number of carbonyl (C=O) groups is 1. The van der Waals surface area contributed by atoms with Gasteiger partial charge in [-0.1, -0.05) is 43.3 Å². The Morgan fingerprint density at radius 2 is 1.78 bits per heavy atom. The van der Waals surface area contributed by atoms with Gasteiger partial charge in [0.15, 0.2) is 0 Å². The second-order valence-corrected chi connectivity index (χ2v) is 9.59. The molecule has 0 bridgehead atoms. The van der Waals surface area contributed by atoms with Crippen molar-refractivity contribution in [2.75, 3.05) is 30.7 Å². The molecular formula is C25H36N4O2S. The van der Waals surface area contributed by atoms with Crippen molar-refractivity contribution in [3.63, 3.8) is 0 Å². The Morgan fingerprint density at radius 1 is 1.12 bits per heavy atom. The average molecular weight is 457 g/mol. The summed E-state index contributed by atoms with van der Waals surface area (Å²) in [5.74, 6) is 0.178. The summed E-state index contributed by atoms with van der Waals surface area (Å²) in [6.07, 6.45) is 4.03. The van der Waals surface area contributed by atoms with Crippen LogP contribution in [0, 0.1) is 20.8 Å². The van der Waals surface area contributed by atoms with Crippen LogP contribution in [0.2, 0.25) is 0 Å². The van der Waals surface area contributed by atoms with Gasteiger partial charge >= 0.3 is 5.69 Å². The van der Waals surface area contributed by atoms with E-state index >= 15 is 0 Å². The molecule has 174 valence electrons.